The van der Waals surface area contributed by atoms with Gasteiger partial charge in [0.05, 0.1) is 0 Å². The van der Waals surface area contributed by atoms with E-state index in [1.165, 1.54) is 0 Å². The molecule has 0 aromatic rings. The molecule has 0 bridgehead atoms. The predicted molar refractivity (Wildman–Crippen MR) is 24.9 cm³/mol. The van der Waals surface area contributed by atoms with E-state index in [2.05, 4.69) is 5.92 Å². The summed E-state index contributed by atoms with van der Waals surface area (Å²) in [7, 11) is 0. The third kappa shape index (κ3) is 33.6. The van der Waals surface area contributed by atoms with Crippen molar-refractivity contribution < 1.29 is 48.0 Å². The van der Waals surface area contributed by atoms with E-state index >= 15 is 0 Å². The maximum atomic E-state index is 4.78. The second-order valence-corrected chi connectivity index (χ2v) is 0.558. The molecule has 0 aliphatic rings. The van der Waals surface area contributed by atoms with Gasteiger partial charge in [0.1, 0.15) is 0 Å². The van der Waals surface area contributed by atoms with Gasteiger partial charge in [-0.25, -0.2) is 0 Å². The van der Waals surface area contributed by atoms with Gasteiger partial charge in [0.25, 0.3) is 0 Å². The van der Waals surface area contributed by atoms with Crippen LogP contribution < -0.4 is 48.0 Å². The fraction of sp³-hybridized carbons (Fsp3) is 0.500. The van der Waals surface area contributed by atoms with Crippen molar-refractivity contribution in [2.75, 3.05) is 0 Å². The van der Waals surface area contributed by atoms with Crippen LogP contribution in [0.1, 0.15) is 13.3 Å². The van der Waals surface area contributed by atoms with E-state index in [4.69, 9.17) is 6.42 Å². The summed E-state index contributed by atoms with van der Waals surface area (Å²) in [5.41, 5.74) is 0. The molecule has 0 heterocycles. The molecular weight excluding hydrogens is 326 g/mol. The number of halogens is 2. The van der Waals surface area contributed by atoms with Crippen molar-refractivity contribution in [2.24, 2.45) is 0 Å². The van der Waals surface area contributed by atoms with Gasteiger partial charge >= 0.3 is 23.1 Å². The maximum Gasteiger partial charge on any atom is 2.00 e. The molecule has 0 aromatic heterocycles. The van der Waals surface area contributed by atoms with Crippen molar-refractivity contribution in [1.82, 2.24) is 0 Å². The third-order valence-corrected chi connectivity index (χ3v) is 0.204. The van der Waals surface area contributed by atoms with Gasteiger partial charge in [-0.2, -0.15) is 0 Å². The topological polar surface area (TPSA) is 0 Å². The van der Waals surface area contributed by atoms with Crippen LogP contribution in [-0.2, 0) is 0 Å². The summed E-state index contributed by atoms with van der Waals surface area (Å²) < 4.78 is 0. The van der Waals surface area contributed by atoms with Crippen LogP contribution in [0.2, 0.25) is 0 Å². The van der Waals surface area contributed by atoms with Crippen molar-refractivity contribution in [2.45, 2.75) is 13.3 Å². The molecule has 0 unspecified atom stereocenters. The Hall–Kier alpha value is 1.79. The van der Waals surface area contributed by atoms with E-state index in [1.54, 1.807) is 0 Å². The molecule has 0 spiro atoms. The minimum Gasteiger partial charge on any atom is -1.00 e. The molecule has 0 saturated carbocycles. The standard InChI is InChI=1S/C4H6.2HI.Mg/c1-3-4-2;;;/h1H,4H2,2H3;2*1H;/q;;;+2/p-2. The van der Waals surface area contributed by atoms with Crippen LogP contribution in [0.3, 0.4) is 0 Å². The molecular formula is C4H6I2Mg. The molecule has 0 aromatic carbocycles. The summed E-state index contributed by atoms with van der Waals surface area (Å²) in [5.74, 6) is 2.43. The van der Waals surface area contributed by atoms with Gasteiger partial charge in [0.2, 0.25) is 0 Å². The van der Waals surface area contributed by atoms with Crippen LogP contribution in [0.4, 0.5) is 0 Å². The molecule has 0 aliphatic heterocycles. The molecule has 38 valence electrons. The fourth-order valence-corrected chi connectivity index (χ4v) is 0. The molecule has 0 amide bonds. The largest absolute Gasteiger partial charge is 2.00 e. The van der Waals surface area contributed by atoms with E-state index in [1.807, 2.05) is 6.92 Å². The molecule has 0 N–H and O–H groups in total. The third-order valence-electron chi connectivity index (χ3n) is 0.204. The Morgan fingerprint density at radius 1 is 1.43 bits per heavy atom. The zero-order valence-electron chi connectivity index (χ0n) is 4.25. The van der Waals surface area contributed by atoms with Crippen molar-refractivity contribution >= 4 is 23.1 Å². The Labute approximate surface area is 95.4 Å². The Kier molecular flexibility index (Phi) is 83.1. The van der Waals surface area contributed by atoms with Gasteiger partial charge in [-0.3, -0.25) is 0 Å². The van der Waals surface area contributed by atoms with Gasteiger partial charge < -0.3 is 48.0 Å². The second-order valence-electron chi connectivity index (χ2n) is 0.558. The molecule has 0 nitrogen and oxygen atoms in total. The zero-order valence-corrected chi connectivity index (χ0v) is 9.98. The monoisotopic (exact) mass is 332 g/mol. The van der Waals surface area contributed by atoms with Crippen LogP contribution in [-0.4, -0.2) is 23.1 Å². The summed E-state index contributed by atoms with van der Waals surface area (Å²) in [5, 5.41) is 0. The molecule has 0 radical (unpaired) electrons. The molecule has 0 aliphatic carbocycles. The average Bonchev–Trinajstić information content (AvgIpc) is 1.37. The van der Waals surface area contributed by atoms with E-state index in [-0.39, 0.29) is 71.0 Å². The van der Waals surface area contributed by atoms with E-state index in [0.717, 1.165) is 6.42 Å². The molecule has 0 rings (SSSR count). The van der Waals surface area contributed by atoms with E-state index < -0.39 is 0 Å². The second kappa shape index (κ2) is 25.0. The van der Waals surface area contributed by atoms with Crippen molar-refractivity contribution in [1.29, 1.82) is 0 Å². The van der Waals surface area contributed by atoms with Crippen molar-refractivity contribution in [3.63, 3.8) is 0 Å². The first kappa shape index (κ1) is 23.3. The van der Waals surface area contributed by atoms with E-state index in [0.29, 0.717) is 0 Å². The summed E-state index contributed by atoms with van der Waals surface area (Å²) in [6.45, 7) is 1.94. The molecule has 3 heteroatoms. The molecule has 0 atom stereocenters. The Balaban J connectivity index is -0.0000000150. The Bertz CT molecular complexity index is 39.4. The minimum absolute atomic E-state index is 0. The number of hydrogen-bond donors (Lipinski definition) is 0. The van der Waals surface area contributed by atoms with Crippen LogP contribution in [0.25, 0.3) is 0 Å². The SMILES string of the molecule is C#CCC.[I-].[I-].[Mg+2]. The van der Waals surface area contributed by atoms with Crippen LogP contribution in [0.5, 0.6) is 0 Å². The number of rotatable bonds is 0. The molecule has 0 saturated heterocycles. The first-order chi connectivity index (χ1) is 1.91. The van der Waals surface area contributed by atoms with Gasteiger partial charge in [0.15, 0.2) is 0 Å². The summed E-state index contributed by atoms with van der Waals surface area (Å²) in [6.07, 6.45) is 5.62. The van der Waals surface area contributed by atoms with E-state index in [9.17, 15) is 0 Å². The van der Waals surface area contributed by atoms with Crippen molar-refractivity contribution in [3.05, 3.63) is 0 Å². The normalized spacial score (nSPS) is 2.86. The van der Waals surface area contributed by atoms with Gasteiger partial charge in [-0.05, 0) is 0 Å². The number of hydrogen-bond acceptors (Lipinski definition) is 0. The summed E-state index contributed by atoms with van der Waals surface area (Å²) in [6, 6.07) is 0. The zero-order chi connectivity index (χ0) is 3.41. The van der Waals surface area contributed by atoms with Crippen LogP contribution in [0, 0.1) is 12.3 Å². The maximum absolute atomic E-state index is 4.78. The predicted octanol–water partition coefficient (Wildman–Crippen LogP) is -5.34. The smallest absolute Gasteiger partial charge is 1.00 e. The Morgan fingerprint density at radius 3 is 1.57 bits per heavy atom. The van der Waals surface area contributed by atoms with Gasteiger partial charge in [-0.15, -0.1) is 12.3 Å². The fourth-order valence-electron chi connectivity index (χ4n) is 0. The molecule has 0 fully saturated rings. The van der Waals surface area contributed by atoms with Crippen LogP contribution >= 0.6 is 0 Å². The first-order valence-electron chi connectivity index (χ1n) is 1.35. The van der Waals surface area contributed by atoms with Gasteiger partial charge in [0, 0.05) is 6.42 Å². The summed E-state index contributed by atoms with van der Waals surface area (Å²) >= 11 is 0. The Morgan fingerprint density at radius 2 is 1.57 bits per heavy atom. The van der Waals surface area contributed by atoms with Crippen LogP contribution in [0.15, 0.2) is 0 Å². The minimum atomic E-state index is 0. The van der Waals surface area contributed by atoms with Gasteiger partial charge in [-0.1, -0.05) is 6.92 Å². The van der Waals surface area contributed by atoms with Crippen molar-refractivity contribution in [3.8, 4) is 12.3 Å². The summed E-state index contributed by atoms with van der Waals surface area (Å²) in [4.78, 5) is 0. The molecule has 7 heavy (non-hydrogen) atoms. The number of terminal acetylenes is 1. The quantitative estimate of drug-likeness (QED) is 0.236. The first-order valence-corrected chi connectivity index (χ1v) is 1.35. The average molecular weight is 332 g/mol.